The van der Waals surface area contributed by atoms with Crippen molar-refractivity contribution in [1.29, 1.82) is 0 Å². The summed E-state index contributed by atoms with van der Waals surface area (Å²) in [6.07, 6.45) is 3.47. The van der Waals surface area contributed by atoms with E-state index in [4.69, 9.17) is 9.97 Å². The van der Waals surface area contributed by atoms with Gasteiger partial charge in [0.25, 0.3) is 0 Å². The van der Waals surface area contributed by atoms with Crippen molar-refractivity contribution in [2.45, 2.75) is 67.2 Å². The van der Waals surface area contributed by atoms with Crippen LogP contribution in [0, 0.1) is 25.2 Å². The van der Waals surface area contributed by atoms with Crippen molar-refractivity contribution in [3.8, 4) is 0 Å². The Balaban J connectivity index is 1.47. The SMILES string of the molecule is Cc1sc2nc(CCc3ccccc3)nc(N3CCN(C(=O)C[C@@H](C)CC(C)(C)C)CC3)c2c1C. The third-order valence-electron chi connectivity index (χ3n) is 6.95. The number of rotatable bonds is 7. The fraction of sp³-hybridized carbons (Fsp3) is 0.552. The van der Waals surface area contributed by atoms with Gasteiger partial charge < -0.3 is 9.80 Å². The Bertz CT molecular complexity index is 1160. The molecule has 1 saturated heterocycles. The lowest BCUT2D eigenvalue weighted by Gasteiger charge is -2.36. The summed E-state index contributed by atoms with van der Waals surface area (Å²) >= 11 is 1.77. The zero-order valence-electron chi connectivity index (χ0n) is 22.2. The molecular formula is C29H40N4OS. The summed E-state index contributed by atoms with van der Waals surface area (Å²) in [7, 11) is 0. The maximum absolute atomic E-state index is 13.0. The van der Waals surface area contributed by atoms with Crippen molar-refractivity contribution >= 4 is 33.3 Å². The Labute approximate surface area is 214 Å². The number of aromatic nitrogens is 2. The van der Waals surface area contributed by atoms with Crippen LogP contribution in [0.1, 0.15) is 62.4 Å². The van der Waals surface area contributed by atoms with E-state index in [0.717, 1.165) is 61.9 Å². The van der Waals surface area contributed by atoms with Crippen LogP contribution in [0.3, 0.4) is 0 Å². The van der Waals surface area contributed by atoms with Crippen molar-refractivity contribution in [3.05, 3.63) is 52.2 Å². The van der Waals surface area contributed by atoms with E-state index in [2.05, 4.69) is 81.7 Å². The van der Waals surface area contributed by atoms with Gasteiger partial charge in [0.05, 0.1) is 5.39 Å². The molecule has 4 rings (SSSR count). The Hall–Kier alpha value is -2.47. The van der Waals surface area contributed by atoms with Gasteiger partial charge >= 0.3 is 0 Å². The van der Waals surface area contributed by atoms with E-state index < -0.39 is 0 Å². The predicted octanol–water partition coefficient (Wildman–Crippen LogP) is 6.20. The number of thiophene rings is 1. The molecule has 1 aliphatic rings. The molecule has 2 aromatic heterocycles. The molecule has 0 bridgehead atoms. The number of anilines is 1. The van der Waals surface area contributed by atoms with Gasteiger partial charge in [0.15, 0.2) is 0 Å². The number of carbonyl (C=O) groups excluding carboxylic acids is 1. The topological polar surface area (TPSA) is 49.3 Å². The summed E-state index contributed by atoms with van der Waals surface area (Å²) in [5.41, 5.74) is 2.85. The molecule has 1 fully saturated rings. The van der Waals surface area contributed by atoms with Gasteiger partial charge in [-0.1, -0.05) is 58.0 Å². The summed E-state index contributed by atoms with van der Waals surface area (Å²) in [6.45, 7) is 16.5. The largest absolute Gasteiger partial charge is 0.352 e. The van der Waals surface area contributed by atoms with Crippen molar-refractivity contribution in [2.75, 3.05) is 31.1 Å². The molecule has 1 atom stereocenters. The molecule has 3 heterocycles. The molecule has 35 heavy (non-hydrogen) atoms. The molecule has 6 heteroatoms. The highest BCUT2D eigenvalue weighted by molar-refractivity contribution is 7.18. The smallest absolute Gasteiger partial charge is 0.222 e. The fourth-order valence-electron chi connectivity index (χ4n) is 5.23. The van der Waals surface area contributed by atoms with Crippen LogP contribution in [-0.4, -0.2) is 47.0 Å². The van der Waals surface area contributed by atoms with Crippen molar-refractivity contribution in [1.82, 2.24) is 14.9 Å². The second kappa shape index (κ2) is 10.7. The molecule has 3 aromatic rings. The number of carbonyl (C=O) groups is 1. The molecule has 1 aromatic carbocycles. The van der Waals surface area contributed by atoms with Crippen LogP contribution in [0.2, 0.25) is 0 Å². The highest BCUT2D eigenvalue weighted by Gasteiger charge is 2.27. The average molecular weight is 493 g/mol. The van der Waals surface area contributed by atoms with E-state index in [0.29, 0.717) is 18.2 Å². The van der Waals surface area contributed by atoms with Crippen LogP contribution in [0.4, 0.5) is 5.82 Å². The molecular weight excluding hydrogens is 452 g/mol. The van der Waals surface area contributed by atoms with E-state index in [1.807, 2.05) is 0 Å². The lowest BCUT2D eigenvalue weighted by atomic mass is 9.84. The summed E-state index contributed by atoms with van der Waals surface area (Å²) in [5, 5.41) is 1.19. The first-order valence-electron chi connectivity index (χ1n) is 12.9. The predicted molar refractivity (Wildman–Crippen MR) is 147 cm³/mol. The lowest BCUT2D eigenvalue weighted by Crippen LogP contribution is -2.49. The van der Waals surface area contributed by atoms with E-state index in [1.165, 1.54) is 21.4 Å². The zero-order valence-corrected chi connectivity index (χ0v) is 23.0. The molecule has 0 spiro atoms. The molecule has 0 aliphatic carbocycles. The number of fused-ring (bicyclic) bond motifs is 1. The second-order valence-electron chi connectivity index (χ2n) is 11.4. The maximum Gasteiger partial charge on any atom is 0.222 e. The first kappa shape index (κ1) is 25.6. The Morgan fingerprint density at radius 3 is 2.37 bits per heavy atom. The number of nitrogens with zero attached hydrogens (tertiary/aromatic N) is 4. The van der Waals surface area contributed by atoms with Gasteiger partial charge in [0.1, 0.15) is 16.5 Å². The van der Waals surface area contributed by atoms with Gasteiger partial charge in [-0.3, -0.25) is 4.79 Å². The number of aryl methyl sites for hydroxylation is 4. The van der Waals surface area contributed by atoms with Gasteiger partial charge in [0, 0.05) is 43.9 Å². The summed E-state index contributed by atoms with van der Waals surface area (Å²) in [4.78, 5) is 29.8. The monoisotopic (exact) mass is 492 g/mol. The number of piperazine rings is 1. The summed E-state index contributed by atoms with van der Waals surface area (Å²) in [6, 6.07) is 10.6. The van der Waals surface area contributed by atoms with Gasteiger partial charge in [-0.25, -0.2) is 9.97 Å². The number of benzene rings is 1. The quantitative estimate of drug-likeness (QED) is 0.394. The van der Waals surface area contributed by atoms with E-state index in [-0.39, 0.29) is 5.41 Å². The van der Waals surface area contributed by atoms with E-state index >= 15 is 0 Å². The highest BCUT2D eigenvalue weighted by atomic mass is 32.1. The Morgan fingerprint density at radius 2 is 1.71 bits per heavy atom. The lowest BCUT2D eigenvalue weighted by molar-refractivity contribution is -0.132. The minimum absolute atomic E-state index is 0.255. The van der Waals surface area contributed by atoms with Crippen LogP contribution in [0.15, 0.2) is 30.3 Å². The molecule has 1 aliphatic heterocycles. The standard InChI is InChI=1S/C29H40N4OS/c1-20(19-29(4,5)6)18-25(34)32-14-16-33(17-15-32)27-26-21(2)22(3)35-28(26)31-24(30-27)13-12-23-10-8-7-9-11-23/h7-11,20H,12-19H2,1-6H3/t20-/m1/s1. The van der Waals surface area contributed by atoms with E-state index in [1.54, 1.807) is 11.3 Å². The zero-order chi connectivity index (χ0) is 25.2. The van der Waals surface area contributed by atoms with Gasteiger partial charge in [-0.05, 0) is 49.1 Å². The molecule has 0 radical (unpaired) electrons. The minimum Gasteiger partial charge on any atom is -0.352 e. The Kier molecular flexibility index (Phi) is 7.80. The molecule has 0 saturated carbocycles. The summed E-state index contributed by atoms with van der Waals surface area (Å²) in [5.74, 6) is 2.66. The number of hydrogen-bond donors (Lipinski definition) is 0. The van der Waals surface area contributed by atoms with Crippen LogP contribution in [-0.2, 0) is 17.6 Å². The first-order valence-corrected chi connectivity index (χ1v) is 13.8. The normalized spacial score (nSPS) is 15.6. The van der Waals surface area contributed by atoms with Gasteiger partial charge in [0.2, 0.25) is 5.91 Å². The third-order valence-corrected chi connectivity index (χ3v) is 8.05. The minimum atomic E-state index is 0.255. The van der Waals surface area contributed by atoms with Crippen molar-refractivity contribution < 1.29 is 4.79 Å². The van der Waals surface area contributed by atoms with Crippen molar-refractivity contribution in [3.63, 3.8) is 0 Å². The highest BCUT2D eigenvalue weighted by Crippen LogP contribution is 2.35. The molecule has 5 nitrogen and oxygen atoms in total. The molecule has 0 N–H and O–H groups in total. The van der Waals surface area contributed by atoms with Crippen LogP contribution in [0.25, 0.3) is 10.2 Å². The fourth-order valence-corrected chi connectivity index (χ4v) is 6.27. The van der Waals surface area contributed by atoms with Crippen molar-refractivity contribution in [2.24, 2.45) is 11.3 Å². The molecule has 0 unspecified atom stereocenters. The number of hydrogen-bond acceptors (Lipinski definition) is 5. The maximum atomic E-state index is 13.0. The Morgan fingerprint density at radius 1 is 1.03 bits per heavy atom. The average Bonchev–Trinajstić information content (AvgIpc) is 3.10. The van der Waals surface area contributed by atoms with E-state index in [9.17, 15) is 4.79 Å². The molecule has 188 valence electrons. The van der Waals surface area contributed by atoms with Crippen LogP contribution in [0.5, 0.6) is 0 Å². The van der Waals surface area contributed by atoms with Gasteiger partial charge in [-0.2, -0.15) is 0 Å². The third kappa shape index (κ3) is 6.40. The van der Waals surface area contributed by atoms with Crippen LogP contribution < -0.4 is 4.90 Å². The number of amides is 1. The molecule has 1 amide bonds. The second-order valence-corrected chi connectivity index (χ2v) is 12.6. The van der Waals surface area contributed by atoms with Gasteiger partial charge in [-0.15, -0.1) is 11.3 Å². The van der Waals surface area contributed by atoms with Crippen LogP contribution >= 0.6 is 11.3 Å². The summed E-state index contributed by atoms with van der Waals surface area (Å²) < 4.78 is 0. The first-order chi connectivity index (χ1) is 16.6.